The van der Waals surface area contributed by atoms with Crippen LogP contribution >= 0.6 is 0 Å². The predicted octanol–water partition coefficient (Wildman–Crippen LogP) is 1.84. The van der Waals surface area contributed by atoms with Crippen molar-refractivity contribution in [1.82, 2.24) is 0 Å². The summed E-state index contributed by atoms with van der Waals surface area (Å²) in [5, 5.41) is 20.0. The maximum atomic E-state index is 10.0. The van der Waals surface area contributed by atoms with E-state index in [4.69, 9.17) is 9.47 Å². The molecule has 3 rings (SSSR count). The zero-order valence-electron chi connectivity index (χ0n) is 12.8. The molecule has 4 heteroatoms. The van der Waals surface area contributed by atoms with Crippen molar-refractivity contribution in [3.63, 3.8) is 0 Å². The zero-order valence-corrected chi connectivity index (χ0v) is 12.8. The summed E-state index contributed by atoms with van der Waals surface area (Å²) in [7, 11) is 0. The van der Waals surface area contributed by atoms with Gasteiger partial charge in [0.05, 0.1) is 19.3 Å². The van der Waals surface area contributed by atoms with E-state index in [1.165, 1.54) is 0 Å². The Morgan fingerprint density at radius 3 is 2.76 bits per heavy atom. The maximum absolute atomic E-state index is 10.0. The Hall–Kier alpha value is -0.600. The number of ether oxygens (including phenoxy) is 2. The van der Waals surface area contributed by atoms with Crippen LogP contribution in [-0.2, 0) is 9.47 Å². The van der Waals surface area contributed by atoms with Gasteiger partial charge in [-0.1, -0.05) is 31.6 Å². The molecule has 0 aromatic rings. The summed E-state index contributed by atoms with van der Waals surface area (Å²) in [5.74, 6) is 5.95. The molecule has 1 saturated heterocycles. The maximum Gasteiger partial charge on any atom is 0.174 e. The van der Waals surface area contributed by atoms with Gasteiger partial charge in [0.1, 0.15) is 6.10 Å². The number of rotatable bonds is 4. The first kappa shape index (κ1) is 15.3. The molecule has 0 radical (unpaired) electrons. The highest BCUT2D eigenvalue weighted by Gasteiger charge is 2.69. The summed E-state index contributed by atoms with van der Waals surface area (Å²) in [6, 6.07) is 0. The minimum atomic E-state index is -0.550. The van der Waals surface area contributed by atoms with Gasteiger partial charge in [0.2, 0.25) is 0 Å². The van der Waals surface area contributed by atoms with E-state index in [1.54, 1.807) is 0 Å². The Bertz CT molecular complexity index is 432. The summed E-state index contributed by atoms with van der Waals surface area (Å²) < 4.78 is 11.6. The summed E-state index contributed by atoms with van der Waals surface area (Å²) >= 11 is 0. The van der Waals surface area contributed by atoms with Crippen LogP contribution in [0.15, 0.2) is 0 Å². The van der Waals surface area contributed by atoms with Crippen LogP contribution in [0.4, 0.5) is 0 Å². The van der Waals surface area contributed by atoms with Gasteiger partial charge in [-0.3, -0.25) is 0 Å². The molecule has 0 aromatic carbocycles. The van der Waals surface area contributed by atoms with Crippen molar-refractivity contribution in [3.05, 3.63) is 0 Å². The molecule has 3 aliphatic rings. The van der Waals surface area contributed by atoms with Gasteiger partial charge in [0, 0.05) is 17.8 Å². The quantitative estimate of drug-likeness (QED) is 0.613. The minimum Gasteiger partial charge on any atom is -0.393 e. The van der Waals surface area contributed by atoms with Gasteiger partial charge in [-0.25, -0.2) is 0 Å². The Labute approximate surface area is 126 Å². The molecule has 1 heterocycles. The Morgan fingerprint density at radius 1 is 1.29 bits per heavy atom. The molecule has 21 heavy (non-hydrogen) atoms. The van der Waals surface area contributed by atoms with Crippen molar-refractivity contribution in [2.75, 3.05) is 13.2 Å². The highest BCUT2D eigenvalue weighted by Crippen LogP contribution is 2.65. The number of hydrogen-bond donors (Lipinski definition) is 2. The zero-order chi connectivity index (χ0) is 14.9. The van der Waals surface area contributed by atoms with Gasteiger partial charge in [0.25, 0.3) is 0 Å². The second-order valence-electron chi connectivity index (χ2n) is 6.77. The fraction of sp³-hybridized carbons (Fsp3) is 0.882. The van der Waals surface area contributed by atoms with Crippen molar-refractivity contribution >= 4 is 0 Å². The lowest BCUT2D eigenvalue weighted by molar-refractivity contribution is -0.286. The summed E-state index contributed by atoms with van der Waals surface area (Å²) in [6.45, 7) is 3.42. The Balaban J connectivity index is 1.64. The summed E-state index contributed by atoms with van der Waals surface area (Å²) in [4.78, 5) is 0. The summed E-state index contributed by atoms with van der Waals surface area (Å²) in [5.41, 5.74) is -0.213. The van der Waals surface area contributed by atoms with Crippen LogP contribution in [0.3, 0.4) is 0 Å². The van der Waals surface area contributed by atoms with Crippen LogP contribution in [0.5, 0.6) is 0 Å². The second-order valence-corrected chi connectivity index (χ2v) is 6.77. The van der Waals surface area contributed by atoms with Crippen LogP contribution in [0.25, 0.3) is 0 Å². The van der Waals surface area contributed by atoms with Crippen LogP contribution in [0, 0.1) is 23.2 Å². The third-order valence-corrected chi connectivity index (χ3v) is 5.21. The number of hydrogen-bond acceptors (Lipinski definition) is 4. The molecule has 0 amide bonds. The molecule has 2 N–H and O–H groups in total. The second kappa shape index (κ2) is 5.89. The lowest BCUT2D eigenvalue weighted by Gasteiger charge is -2.53. The van der Waals surface area contributed by atoms with E-state index in [1.807, 2.05) is 0 Å². The predicted molar refractivity (Wildman–Crippen MR) is 78.3 cm³/mol. The average molecular weight is 294 g/mol. The van der Waals surface area contributed by atoms with E-state index in [0.717, 1.165) is 32.1 Å². The van der Waals surface area contributed by atoms with Gasteiger partial charge < -0.3 is 19.7 Å². The molecule has 2 aliphatic carbocycles. The smallest absolute Gasteiger partial charge is 0.174 e. The van der Waals surface area contributed by atoms with Crippen molar-refractivity contribution < 1.29 is 19.7 Å². The fourth-order valence-corrected chi connectivity index (χ4v) is 4.21. The topological polar surface area (TPSA) is 58.9 Å². The van der Waals surface area contributed by atoms with Crippen molar-refractivity contribution in [2.45, 2.75) is 69.9 Å². The molecular weight excluding hydrogens is 268 g/mol. The van der Waals surface area contributed by atoms with Gasteiger partial charge in [-0.2, -0.15) is 0 Å². The molecule has 0 aromatic heterocycles. The Kier molecular flexibility index (Phi) is 4.29. The standard InChI is InChI=1S/C17H26O4/c1-2-3-4-5-13(18)6-7-16-11-14(19)10-15(16)17(12-16)20-8-9-21-17/h13-15,18-19H,2-5,8-12H2,1H3/t13?,14-,15+,16+/m1/s1. The molecule has 118 valence electrons. The fourth-order valence-electron chi connectivity index (χ4n) is 4.21. The van der Waals surface area contributed by atoms with E-state index < -0.39 is 11.9 Å². The molecule has 0 bridgehead atoms. The first-order chi connectivity index (χ1) is 10.1. The molecular formula is C17H26O4. The average Bonchev–Trinajstić information content (AvgIpc) is 3.02. The highest BCUT2D eigenvalue weighted by molar-refractivity contribution is 5.28. The van der Waals surface area contributed by atoms with Crippen LogP contribution in [0.1, 0.15) is 51.9 Å². The van der Waals surface area contributed by atoms with Crippen molar-refractivity contribution in [2.24, 2.45) is 11.3 Å². The van der Waals surface area contributed by atoms with Gasteiger partial charge in [0.15, 0.2) is 5.79 Å². The van der Waals surface area contributed by atoms with Crippen LogP contribution in [0.2, 0.25) is 0 Å². The Morgan fingerprint density at radius 2 is 2.05 bits per heavy atom. The van der Waals surface area contributed by atoms with Crippen LogP contribution in [-0.4, -0.2) is 41.4 Å². The molecule has 1 aliphatic heterocycles. The van der Waals surface area contributed by atoms with E-state index in [-0.39, 0.29) is 17.4 Å². The number of unbranched alkanes of at least 4 members (excludes halogenated alkanes) is 2. The van der Waals surface area contributed by atoms with E-state index in [0.29, 0.717) is 26.1 Å². The van der Waals surface area contributed by atoms with E-state index in [2.05, 4.69) is 18.8 Å². The normalized spacial score (nSPS) is 37.7. The molecule has 3 fully saturated rings. The largest absolute Gasteiger partial charge is 0.393 e. The van der Waals surface area contributed by atoms with E-state index >= 15 is 0 Å². The minimum absolute atomic E-state index is 0.151. The first-order valence-electron chi connectivity index (χ1n) is 8.27. The lowest BCUT2D eigenvalue weighted by Crippen LogP contribution is -2.59. The van der Waals surface area contributed by atoms with Crippen molar-refractivity contribution in [1.29, 1.82) is 0 Å². The molecule has 4 nitrogen and oxygen atoms in total. The SMILES string of the molecule is CCCCCC(O)C#C[C@@]12C[C@H](O)C[C@@H]1C1(C2)OCCO1. The number of aliphatic hydroxyl groups is 2. The third kappa shape index (κ3) is 2.73. The van der Waals surface area contributed by atoms with Gasteiger partial charge in [-0.05, 0) is 25.7 Å². The number of aliphatic hydroxyl groups excluding tert-OH is 2. The van der Waals surface area contributed by atoms with Crippen molar-refractivity contribution in [3.8, 4) is 11.8 Å². The molecule has 1 spiro atoms. The van der Waals surface area contributed by atoms with Gasteiger partial charge >= 0.3 is 0 Å². The third-order valence-electron chi connectivity index (χ3n) is 5.21. The van der Waals surface area contributed by atoms with Gasteiger partial charge in [-0.15, -0.1) is 0 Å². The first-order valence-corrected chi connectivity index (χ1v) is 8.27. The summed E-state index contributed by atoms with van der Waals surface area (Å²) in [6.07, 6.45) is 5.27. The monoisotopic (exact) mass is 294 g/mol. The van der Waals surface area contributed by atoms with E-state index in [9.17, 15) is 10.2 Å². The van der Waals surface area contributed by atoms with Crippen LogP contribution < -0.4 is 0 Å². The molecule has 1 unspecified atom stereocenters. The molecule has 4 atom stereocenters. The number of fused-ring (bicyclic) bond motifs is 2. The molecule has 2 saturated carbocycles. The lowest BCUT2D eigenvalue weighted by atomic mass is 9.58. The highest BCUT2D eigenvalue weighted by atomic mass is 16.7.